The lowest BCUT2D eigenvalue weighted by Crippen LogP contribution is -2.32. The number of esters is 1. The average Bonchev–Trinajstić information content (AvgIpc) is 3.14. The van der Waals surface area contributed by atoms with E-state index in [0.29, 0.717) is 60.7 Å². The number of benzene rings is 3. The Morgan fingerprint density at radius 3 is 2.45 bits per heavy atom. The SMILES string of the molecule is COc1cc(C(CC(=O)NCCn2cnc3ccccc3c2=O)c2c(O)cc3c(c2O)C(=O)O[C@@H](C)CCCC(=O)CCC/C=C/3)cc(OC)c1OC. The number of hydrogen-bond acceptors (Lipinski definition) is 11. The molecule has 0 saturated heterocycles. The number of methoxy groups -OCH3 is 3. The Morgan fingerprint density at radius 1 is 1.02 bits per heavy atom. The van der Waals surface area contributed by atoms with Crippen molar-refractivity contribution in [3.8, 4) is 28.7 Å². The van der Waals surface area contributed by atoms with Crippen LogP contribution in [-0.4, -0.2) is 71.4 Å². The van der Waals surface area contributed by atoms with Gasteiger partial charge in [0, 0.05) is 43.8 Å². The molecule has 0 spiro atoms. The number of aromatic nitrogens is 2. The van der Waals surface area contributed by atoms with Gasteiger partial charge in [-0.2, -0.15) is 0 Å². The lowest BCUT2D eigenvalue weighted by molar-refractivity contribution is -0.121. The number of cyclic esters (lactones) is 1. The maximum Gasteiger partial charge on any atom is 0.342 e. The number of aromatic hydroxyl groups is 2. The highest BCUT2D eigenvalue weighted by atomic mass is 16.5. The van der Waals surface area contributed by atoms with Crippen LogP contribution in [0.1, 0.15) is 84.8 Å². The topological polar surface area (TPSA) is 176 Å². The van der Waals surface area contributed by atoms with E-state index in [1.165, 1.54) is 38.3 Å². The number of ether oxygens (including phenoxy) is 4. The lowest BCUT2D eigenvalue weighted by Gasteiger charge is -2.24. The minimum Gasteiger partial charge on any atom is -0.507 e. The highest BCUT2D eigenvalue weighted by molar-refractivity contribution is 5.98. The van der Waals surface area contributed by atoms with Crippen molar-refractivity contribution in [2.45, 2.75) is 70.4 Å². The molecule has 4 aromatic rings. The number of nitrogens with one attached hydrogen (secondary N) is 1. The molecule has 1 amide bonds. The molecule has 1 aromatic heterocycles. The predicted molar refractivity (Wildman–Crippen MR) is 198 cm³/mol. The molecular weight excluding hydrogens is 682 g/mol. The molecule has 280 valence electrons. The van der Waals surface area contributed by atoms with Crippen molar-refractivity contribution >= 4 is 34.6 Å². The van der Waals surface area contributed by atoms with Gasteiger partial charge in [-0.1, -0.05) is 24.3 Å². The minimum absolute atomic E-state index is 0.0729. The predicted octanol–water partition coefficient (Wildman–Crippen LogP) is 5.65. The molecule has 0 radical (unpaired) electrons. The molecule has 1 unspecified atom stereocenters. The molecule has 1 aliphatic heterocycles. The summed E-state index contributed by atoms with van der Waals surface area (Å²) in [6.07, 6.45) is 6.90. The number of fused-ring (bicyclic) bond motifs is 2. The molecule has 2 atom stereocenters. The summed E-state index contributed by atoms with van der Waals surface area (Å²) in [4.78, 5) is 57.0. The first-order valence-electron chi connectivity index (χ1n) is 17.5. The second-order valence-electron chi connectivity index (χ2n) is 12.9. The summed E-state index contributed by atoms with van der Waals surface area (Å²) in [6.45, 7) is 1.92. The summed E-state index contributed by atoms with van der Waals surface area (Å²) in [5.41, 5.74) is 0.673. The Kier molecular flexibility index (Phi) is 12.7. The minimum atomic E-state index is -1.05. The van der Waals surface area contributed by atoms with Gasteiger partial charge in [0.2, 0.25) is 11.7 Å². The summed E-state index contributed by atoms with van der Waals surface area (Å²) >= 11 is 0. The number of allylic oxidation sites excluding steroid dienone is 1. The van der Waals surface area contributed by atoms with Crippen LogP contribution in [0.2, 0.25) is 0 Å². The Morgan fingerprint density at radius 2 is 1.74 bits per heavy atom. The zero-order chi connectivity index (χ0) is 38.1. The largest absolute Gasteiger partial charge is 0.507 e. The number of rotatable bonds is 10. The first-order valence-corrected chi connectivity index (χ1v) is 17.5. The molecule has 13 nitrogen and oxygen atoms in total. The van der Waals surface area contributed by atoms with Gasteiger partial charge in [0.05, 0.1) is 44.7 Å². The van der Waals surface area contributed by atoms with Crippen molar-refractivity contribution in [1.82, 2.24) is 14.9 Å². The molecule has 0 saturated carbocycles. The van der Waals surface area contributed by atoms with Crippen molar-refractivity contribution < 1.29 is 43.5 Å². The van der Waals surface area contributed by atoms with E-state index in [4.69, 9.17) is 18.9 Å². The fourth-order valence-corrected chi connectivity index (χ4v) is 6.55. The summed E-state index contributed by atoms with van der Waals surface area (Å²) in [7, 11) is 4.32. The van der Waals surface area contributed by atoms with Gasteiger partial charge in [-0.05, 0) is 74.1 Å². The van der Waals surface area contributed by atoms with Crippen LogP contribution in [0.3, 0.4) is 0 Å². The van der Waals surface area contributed by atoms with Crippen molar-refractivity contribution in [2.24, 2.45) is 0 Å². The second-order valence-corrected chi connectivity index (χ2v) is 12.9. The highest BCUT2D eigenvalue weighted by Crippen LogP contribution is 2.47. The van der Waals surface area contributed by atoms with Crippen molar-refractivity contribution in [1.29, 1.82) is 0 Å². The summed E-state index contributed by atoms with van der Waals surface area (Å²) < 4.78 is 23.8. The fourth-order valence-electron chi connectivity index (χ4n) is 6.55. The van der Waals surface area contributed by atoms with Gasteiger partial charge in [0.15, 0.2) is 11.5 Å². The summed E-state index contributed by atoms with van der Waals surface area (Å²) in [6, 6.07) is 11.5. The Labute approximate surface area is 307 Å². The molecule has 2 heterocycles. The van der Waals surface area contributed by atoms with Crippen LogP contribution in [0.4, 0.5) is 0 Å². The molecular formula is C40H45N3O10. The molecule has 5 rings (SSSR count). The number of carbonyl (C=O) groups excluding carboxylic acids is 3. The van der Waals surface area contributed by atoms with Crippen LogP contribution in [0.25, 0.3) is 17.0 Å². The zero-order valence-corrected chi connectivity index (χ0v) is 30.3. The van der Waals surface area contributed by atoms with Gasteiger partial charge >= 0.3 is 5.97 Å². The van der Waals surface area contributed by atoms with Crippen molar-refractivity contribution in [3.05, 3.63) is 87.5 Å². The van der Waals surface area contributed by atoms with E-state index >= 15 is 0 Å². The third kappa shape index (κ3) is 8.97. The number of ketones is 1. The van der Waals surface area contributed by atoms with Gasteiger partial charge in [-0.15, -0.1) is 0 Å². The molecule has 13 heteroatoms. The van der Waals surface area contributed by atoms with Gasteiger partial charge in [0.1, 0.15) is 22.8 Å². The number of para-hydroxylation sites is 1. The van der Waals surface area contributed by atoms with Crippen LogP contribution in [-0.2, 0) is 20.9 Å². The van der Waals surface area contributed by atoms with Crippen LogP contribution >= 0.6 is 0 Å². The monoisotopic (exact) mass is 727 g/mol. The number of hydrogen-bond donors (Lipinski definition) is 3. The standard InChI is InChI=1S/C40H45N3O10/c1-24-11-10-14-27(44)13-7-5-6-12-25-19-31(45)36(37(47)35(25)40(49)53-24)29(26-20-32(50-2)38(52-4)33(21-26)51-3)22-34(46)41-17-18-43-23-42-30-16-9-8-15-28(30)39(43)48/h6,8-9,12,15-16,19-21,23-24,29,45,47H,5,7,10-11,13-14,17-18,22H2,1-4H3,(H,41,46)/b12-6+/t24-,29?/m0/s1. The molecule has 53 heavy (non-hydrogen) atoms. The normalized spacial score (nSPS) is 16.5. The van der Waals surface area contributed by atoms with Crippen LogP contribution in [0.15, 0.2) is 59.7 Å². The van der Waals surface area contributed by atoms with Crippen LogP contribution in [0, 0.1) is 0 Å². The average molecular weight is 728 g/mol. The third-order valence-corrected chi connectivity index (χ3v) is 9.29. The smallest absolute Gasteiger partial charge is 0.342 e. The molecule has 0 bridgehead atoms. The Hall–Kier alpha value is -5.85. The van der Waals surface area contributed by atoms with E-state index in [9.17, 15) is 29.4 Å². The van der Waals surface area contributed by atoms with E-state index in [0.717, 1.165) is 0 Å². The highest BCUT2D eigenvalue weighted by Gasteiger charge is 2.32. The van der Waals surface area contributed by atoms with E-state index in [1.807, 2.05) is 0 Å². The molecule has 1 aliphatic rings. The quantitative estimate of drug-likeness (QED) is 0.172. The van der Waals surface area contributed by atoms with E-state index in [1.54, 1.807) is 55.5 Å². The van der Waals surface area contributed by atoms with E-state index < -0.39 is 29.6 Å². The fraction of sp³-hybridized carbons (Fsp3) is 0.375. The molecule has 0 fully saturated rings. The maximum absolute atomic E-state index is 13.8. The van der Waals surface area contributed by atoms with E-state index in [-0.39, 0.29) is 64.8 Å². The summed E-state index contributed by atoms with van der Waals surface area (Å²) in [5.74, 6) is -2.30. The van der Waals surface area contributed by atoms with Crippen LogP contribution in [0.5, 0.6) is 28.7 Å². The van der Waals surface area contributed by atoms with Crippen LogP contribution < -0.4 is 25.1 Å². The number of carbonyl (C=O) groups is 3. The Balaban J connectivity index is 1.54. The number of phenolic OH excluding ortho intramolecular Hbond substituents is 2. The van der Waals surface area contributed by atoms with Gasteiger partial charge in [0.25, 0.3) is 5.56 Å². The van der Waals surface area contributed by atoms with Crippen molar-refractivity contribution in [3.63, 3.8) is 0 Å². The van der Waals surface area contributed by atoms with Crippen molar-refractivity contribution in [2.75, 3.05) is 27.9 Å². The number of nitrogens with zero attached hydrogens (tertiary/aromatic N) is 2. The first-order chi connectivity index (χ1) is 25.6. The number of amides is 1. The van der Waals surface area contributed by atoms with Gasteiger partial charge in [-0.3, -0.25) is 19.0 Å². The molecule has 3 N–H and O–H groups in total. The van der Waals surface area contributed by atoms with Gasteiger partial charge < -0.3 is 34.5 Å². The number of Topliss-reactive ketones (excluding diaryl/α,β-unsaturated/α-hetero) is 1. The molecule has 0 aliphatic carbocycles. The Bertz CT molecular complexity index is 2050. The number of phenols is 2. The second kappa shape index (κ2) is 17.6. The lowest BCUT2D eigenvalue weighted by atomic mass is 9.84. The molecule has 3 aromatic carbocycles. The zero-order valence-electron chi connectivity index (χ0n) is 30.3. The maximum atomic E-state index is 13.8. The first kappa shape index (κ1) is 38.4. The van der Waals surface area contributed by atoms with Gasteiger partial charge in [-0.25, -0.2) is 9.78 Å². The third-order valence-electron chi connectivity index (χ3n) is 9.29. The summed E-state index contributed by atoms with van der Waals surface area (Å²) in [5, 5.41) is 26.8. The van der Waals surface area contributed by atoms with E-state index in [2.05, 4.69) is 10.3 Å².